The van der Waals surface area contributed by atoms with Crippen molar-refractivity contribution in [1.82, 2.24) is 4.98 Å². The molecule has 0 saturated carbocycles. The number of benzene rings is 2. The Morgan fingerprint density at radius 1 is 1.14 bits per heavy atom. The fourth-order valence-electron chi connectivity index (χ4n) is 2.76. The topological polar surface area (TPSA) is 65.4 Å². The molecule has 0 fully saturated rings. The van der Waals surface area contributed by atoms with E-state index in [4.69, 9.17) is 0 Å². The van der Waals surface area contributed by atoms with Crippen LogP contribution in [0.5, 0.6) is 5.88 Å². The molecular weight excluding hydrogens is 264 g/mol. The molecular formula is C17H12N2O2. The van der Waals surface area contributed by atoms with Gasteiger partial charge in [0.2, 0.25) is 5.78 Å². The predicted octanol–water partition coefficient (Wildman–Crippen LogP) is 3.50. The highest BCUT2D eigenvalue weighted by Gasteiger charge is 2.29. The van der Waals surface area contributed by atoms with Crippen molar-refractivity contribution in [3.05, 3.63) is 59.2 Å². The minimum absolute atomic E-state index is 0.0205. The van der Waals surface area contributed by atoms with Crippen molar-refractivity contribution in [1.29, 1.82) is 0 Å². The Morgan fingerprint density at radius 3 is 2.81 bits per heavy atom. The molecule has 4 heteroatoms. The SMILES string of the molecule is Cc1ccc2c(c1)C(=O)C(c1c(O)[nH]c3ccccc13)=N2. The summed E-state index contributed by atoms with van der Waals surface area (Å²) in [5.74, 6) is -0.165. The third-order valence-corrected chi connectivity index (χ3v) is 3.77. The standard InChI is InChI=1S/C17H12N2O2/c1-9-6-7-13-11(8-9)16(20)15(18-13)14-10-4-2-3-5-12(10)19-17(14)21/h2-8,19,21H,1H3. The zero-order chi connectivity index (χ0) is 14.6. The number of rotatable bonds is 1. The van der Waals surface area contributed by atoms with E-state index in [0.717, 1.165) is 16.5 Å². The molecule has 1 aromatic heterocycles. The number of aliphatic imine (C=N–C) groups is 1. The van der Waals surface area contributed by atoms with Crippen LogP contribution in [0.4, 0.5) is 5.69 Å². The first-order chi connectivity index (χ1) is 10.1. The smallest absolute Gasteiger partial charge is 0.214 e. The quantitative estimate of drug-likeness (QED) is 0.714. The largest absolute Gasteiger partial charge is 0.494 e. The van der Waals surface area contributed by atoms with E-state index in [1.807, 2.05) is 49.4 Å². The lowest BCUT2D eigenvalue weighted by Crippen LogP contribution is -2.10. The summed E-state index contributed by atoms with van der Waals surface area (Å²) in [6, 6.07) is 13.1. The maximum Gasteiger partial charge on any atom is 0.214 e. The number of H-pyrrole nitrogens is 1. The summed E-state index contributed by atoms with van der Waals surface area (Å²) < 4.78 is 0. The fraction of sp³-hybridized carbons (Fsp3) is 0.0588. The van der Waals surface area contributed by atoms with E-state index in [1.165, 1.54) is 0 Å². The van der Waals surface area contributed by atoms with Crippen LogP contribution in [-0.4, -0.2) is 21.6 Å². The molecule has 0 aliphatic carbocycles. The van der Waals surface area contributed by atoms with Gasteiger partial charge in [0, 0.05) is 10.9 Å². The van der Waals surface area contributed by atoms with E-state index in [-0.39, 0.29) is 11.7 Å². The van der Waals surface area contributed by atoms with Gasteiger partial charge in [-0.2, -0.15) is 0 Å². The van der Waals surface area contributed by atoms with Crippen molar-refractivity contribution < 1.29 is 9.90 Å². The summed E-state index contributed by atoms with van der Waals surface area (Å²) in [6.07, 6.45) is 0. The van der Waals surface area contributed by atoms with Gasteiger partial charge in [0.15, 0.2) is 5.88 Å². The highest BCUT2D eigenvalue weighted by molar-refractivity contribution is 6.56. The van der Waals surface area contributed by atoms with Gasteiger partial charge in [-0.3, -0.25) is 4.79 Å². The van der Waals surface area contributed by atoms with Crippen LogP contribution < -0.4 is 0 Å². The Balaban J connectivity index is 1.96. The molecule has 1 aliphatic heterocycles. The van der Waals surface area contributed by atoms with Crippen LogP contribution in [-0.2, 0) is 0 Å². The van der Waals surface area contributed by atoms with Gasteiger partial charge in [-0.25, -0.2) is 4.99 Å². The highest BCUT2D eigenvalue weighted by atomic mass is 16.3. The van der Waals surface area contributed by atoms with Gasteiger partial charge in [-0.15, -0.1) is 0 Å². The molecule has 1 aliphatic rings. The van der Waals surface area contributed by atoms with Crippen molar-refractivity contribution in [3.8, 4) is 5.88 Å². The third-order valence-electron chi connectivity index (χ3n) is 3.77. The lowest BCUT2D eigenvalue weighted by Gasteiger charge is -1.99. The van der Waals surface area contributed by atoms with Crippen molar-refractivity contribution in [2.24, 2.45) is 4.99 Å². The van der Waals surface area contributed by atoms with Crippen LogP contribution >= 0.6 is 0 Å². The highest BCUT2D eigenvalue weighted by Crippen LogP contribution is 2.35. The number of Topliss-reactive ketones (excluding diaryl/α,β-unsaturated/α-hetero) is 1. The molecule has 4 nitrogen and oxygen atoms in total. The number of aromatic hydroxyl groups is 1. The van der Waals surface area contributed by atoms with E-state index >= 15 is 0 Å². The van der Waals surface area contributed by atoms with Gasteiger partial charge in [0.1, 0.15) is 5.71 Å². The number of nitrogens with one attached hydrogen (secondary N) is 1. The molecule has 2 heterocycles. The number of ketones is 1. The first-order valence-electron chi connectivity index (χ1n) is 6.69. The molecule has 2 N–H and O–H groups in total. The van der Waals surface area contributed by atoms with Crippen LogP contribution in [0.15, 0.2) is 47.5 Å². The molecule has 3 aromatic rings. The van der Waals surface area contributed by atoms with Crippen LogP contribution in [0.2, 0.25) is 0 Å². The number of carbonyl (C=O) groups is 1. The Kier molecular flexibility index (Phi) is 2.30. The Bertz CT molecular complexity index is 935. The molecule has 2 aromatic carbocycles. The number of aryl methyl sites for hydroxylation is 1. The second kappa shape index (κ2) is 4.06. The average Bonchev–Trinajstić information content (AvgIpc) is 2.96. The number of hydrogen-bond acceptors (Lipinski definition) is 3. The lowest BCUT2D eigenvalue weighted by atomic mass is 10.0. The molecule has 4 rings (SSSR count). The molecule has 21 heavy (non-hydrogen) atoms. The molecule has 102 valence electrons. The number of carbonyl (C=O) groups excluding carboxylic acids is 1. The molecule has 0 saturated heterocycles. The first-order valence-corrected chi connectivity index (χ1v) is 6.69. The first kappa shape index (κ1) is 11.9. The van der Waals surface area contributed by atoms with Gasteiger partial charge in [-0.05, 0) is 25.1 Å². The Morgan fingerprint density at radius 2 is 1.95 bits per heavy atom. The summed E-state index contributed by atoms with van der Waals surface area (Å²) in [6.45, 7) is 1.94. The minimum Gasteiger partial charge on any atom is -0.494 e. The Hall–Kier alpha value is -2.88. The van der Waals surface area contributed by atoms with Crippen LogP contribution in [0.1, 0.15) is 21.5 Å². The van der Waals surface area contributed by atoms with Crippen molar-refractivity contribution in [2.75, 3.05) is 0 Å². The molecule has 0 atom stereocenters. The number of para-hydroxylation sites is 1. The summed E-state index contributed by atoms with van der Waals surface area (Å²) in [5.41, 5.74) is 3.82. The monoisotopic (exact) mass is 276 g/mol. The van der Waals surface area contributed by atoms with E-state index in [1.54, 1.807) is 0 Å². The predicted molar refractivity (Wildman–Crippen MR) is 81.7 cm³/mol. The fourth-order valence-corrected chi connectivity index (χ4v) is 2.76. The van der Waals surface area contributed by atoms with Gasteiger partial charge < -0.3 is 10.1 Å². The van der Waals surface area contributed by atoms with E-state index in [0.29, 0.717) is 22.5 Å². The van der Waals surface area contributed by atoms with Crippen molar-refractivity contribution in [3.63, 3.8) is 0 Å². The molecule has 0 radical (unpaired) electrons. The van der Waals surface area contributed by atoms with Crippen LogP contribution in [0.3, 0.4) is 0 Å². The molecule has 0 amide bonds. The van der Waals surface area contributed by atoms with E-state index < -0.39 is 0 Å². The summed E-state index contributed by atoms with van der Waals surface area (Å²) in [5, 5.41) is 11.0. The maximum absolute atomic E-state index is 12.6. The van der Waals surface area contributed by atoms with Crippen LogP contribution in [0, 0.1) is 6.92 Å². The molecule has 0 spiro atoms. The third kappa shape index (κ3) is 1.62. The normalized spacial score (nSPS) is 13.6. The molecule has 0 bridgehead atoms. The van der Waals surface area contributed by atoms with E-state index in [9.17, 15) is 9.90 Å². The number of hydrogen-bond donors (Lipinski definition) is 2. The van der Waals surface area contributed by atoms with Gasteiger partial charge in [0.25, 0.3) is 0 Å². The number of aromatic amines is 1. The average molecular weight is 276 g/mol. The van der Waals surface area contributed by atoms with E-state index in [2.05, 4.69) is 9.98 Å². The number of aromatic nitrogens is 1. The minimum atomic E-state index is -0.145. The van der Waals surface area contributed by atoms with Gasteiger partial charge >= 0.3 is 0 Å². The zero-order valence-corrected chi connectivity index (χ0v) is 11.3. The zero-order valence-electron chi connectivity index (χ0n) is 11.3. The summed E-state index contributed by atoms with van der Waals surface area (Å²) >= 11 is 0. The summed E-state index contributed by atoms with van der Waals surface area (Å²) in [7, 11) is 0. The van der Waals surface area contributed by atoms with Gasteiger partial charge in [-0.1, -0.05) is 29.8 Å². The maximum atomic E-state index is 12.6. The second-order valence-electron chi connectivity index (χ2n) is 5.20. The molecule has 0 unspecified atom stereocenters. The van der Waals surface area contributed by atoms with Crippen molar-refractivity contribution >= 4 is 28.1 Å². The van der Waals surface area contributed by atoms with Crippen LogP contribution in [0.25, 0.3) is 10.9 Å². The number of nitrogens with zero attached hydrogens (tertiary/aromatic N) is 1. The van der Waals surface area contributed by atoms with Gasteiger partial charge in [0.05, 0.1) is 16.8 Å². The second-order valence-corrected chi connectivity index (χ2v) is 5.20. The van der Waals surface area contributed by atoms with Crippen molar-refractivity contribution in [2.45, 2.75) is 6.92 Å². The Labute approximate surface area is 120 Å². The summed E-state index contributed by atoms with van der Waals surface area (Å²) in [4.78, 5) is 19.9. The number of fused-ring (bicyclic) bond motifs is 2. The lowest BCUT2D eigenvalue weighted by molar-refractivity contribution is 0.107.